The zero-order valence-electron chi connectivity index (χ0n) is 20.4. The van der Waals surface area contributed by atoms with E-state index in [0.717, 1.165) is 5.56 Å². The molecule has 0 bridgehead atoms. The molecule has 0 saturated heterocycles. The van der Waals surface area contributed by atoms with Crippen LogP contribution in [0.4, 0.5) is 0 Å². The van der Waals surface area contributed by atoms with Crippen LogP contribution in [0.3, 0.4) is 0 Å². The fraction of sp³-hybridized carbons (Fsp3) is 0.583. The Bertz CT molecular complexity index is 824. The smallest absolute Gasteiger partial charge is 0.326 e. The average Bonchev–Trinajstić information content (AvgIpc) is 2.81. The molecule has 0 aromatic heterocycles. The molecule has 0 aliphatic heterocycles. The summed E-state index contributed by atoms with van der Waals surface area (Å²) < 4.78 is 0. The molecule has 11 heteroatoms. The Balaban J connectivity index is 2.86. The number of carboxylic acids is 1. The van der Waals surface area contributed by atoms with Crippen molar-refractivity contribution in [1.82, 2.24) is 16.0 Å². The van der Waals surface area contributed by atoms with Crippen molar-refractivity contribution in [3.05, 3.63) is 35.9 Å². The average molecular weight is 510 g/mol. The standard InChI is InChI=1S/C24H39N5O5S/c1-15(2)12-17(26)21(30)27-18(10-6-7-11-25)22(31)29-20(14-35)23(32)28-19(24(33)34)13-16-8-4-3-5-9-16/h3-5,8-9,15,17-20,35H,6-7,10-14,25-26H2,1-2H3,(H,27,30)(H,28,32)(H,29,31)(H,33,34). The maximum atomic E-state index is 13.0. The number of hydrogen-bond acceptors (Lipinski definition) is 7. The van der Waals surface area contributed by atoms with E-state index in [0.29, 0.717) is 32.2 Å². The Kier molecular flexibility index (Phi) is 14.0. The zero-order chi connectivity index (χ0) is 26.4. The van der Waals surface area contributed by atoms with Crippen LogP contribution in [0.5, 0.6) is 0 Å². The van der Waals surface area contributed by atoms with E-state index >= 15 is 0 Å². The van der Waals surface area contributed by atoms with E-state index in [2.05, 4.69) is 28.6 Å². The minimum absolute atomic E-state index is 0.0639. The predicted molar refractivity (Wildman–Crippen MR) is 138 cm³/mol. The molecule has 0 fully saturated rings. The molecule has 1 aromatic rings. The largest absolute Gasteiger partial charge is 0.480 e. The Morgan fingerprint density at radius 2 is 1.49 bits per heavy atom. The highest BCUT2D eigenvalue weighted by Gasteiger charge is 2.29. The fourth-order valence-corrected chi connectivity index (χ4v) is 3.70. The van der Waals surface area contributed by atoms with Crippen LogP contribution < -0.4 is 27.4 Å². The van der Waals surface area contributed by atoms with Crippen LogP contribution in [0.25, 0.3) is 0 Å². The van der Waals surface area contributed by atoms with Gasteiger partial charge in [0.2, 0.25) is 17.7 Å². The summed E-state index contributed by atoms with van der Waals surface area (Å²) in [5, 5.41) is 17.3. The van der Waals surface area contributed by atoms with Gasteiger partial charge < -0.3 is 32.5 Å². The molecule has 35 heavy (non-hydrogen) atoms. The molecule has 196 valence electrons. The highest BCUT2D eigenvalue weighted by Crippen LogP contribution is 2.07. The number of amides is 3. The lowest BCUT2D eigenvalue weighted by atomic mass is 10.0. The van der Waals surface area contributed by atoms with Gasteiger partial charge in [0.25, 0.3) is 0 Å². The topological polar surface area (TPSA) is 177 Å². The van der Waals surface area contributed by atoms with E-state index in [4.69, 9.17) is 11.5 Å². The van der Waals surface area contributed by atoms with Gasteiger partial charge in [0.05, 0.1) is 6.04 Å². The van der Waals surface area contributed by atoms with Crippen LogP contribution in [0.15, 0.2) is 30.3 Å². The highest BCUT2D eigenvalue weighted by atomic mass is 32.1. The molecule has 0 radical (unpaired) electrons. The van der Waals surface area contributed by atoms with E-state index in [-0.39, 0.29) is 18.1 Å². The van der Waals surface area contributed by atoms with Gasteiger partial charge in [0.15, 0.2) is 0 Å². The van der Waals surface area contributed by atoms with Crippen molar-refractivity contribution in [2.45, 2.75) is 70.1 Å². The second-order valence-electron chi connectivity index (χ2n) is 8.91. The van der Waals surface area contributed by atoms with Crippen LogP contribution in [0.1, 0.15) is 45.1 Å². The van der Waals surface area contributed by atoms with Crippen molar-refractivity contribution in [2.24, 2.45) is 17.4 Å². The van der Waals surface area contributed by atoms with Crippen molar-refractivity contribution in [3.63, 3.8) is 0 Å². The molecular formula is C24H39N5O5S. The van der Waals surface area contributed by atoms with Gasteiger partial charge in [-0.15, -0.1) is 0 Å². The summed E-state index contributed by atoms with van der Waals surface area (Å²) in [6.45, 7) is 4.32. The van der Waals surface area contributed by atoms with Gasteiger partial charge in [-0.3, -0.25) is 14.4 Å². The summed E-state index contributed by atoms with van der Waals surface area (Å²) in [7, 11) is 0. The second-order valence-corrected chi connectivity index (χ2v) is 9.28. The van der Waals surface area contributed by atoms with E-state index in [1.807, 2.05) is 19.9 Å². The molecule has 0 saturated carbocycles. The maximum absolute atomic E-state index is 13.0. The van der Waals surface area contributed by atoms with Gasteiger partial charge in [0, 0.05) is 12.2 Å². The fourth-order valence-electron chi connectivity index (χ4n) is 3.44. The Labute approximate surface area is 212 Å². The first-order valence-electron chi connectivity index (χ1n) is 11.8. The first-order valence-corrected chi connectivity index (χ1v) is 12.5. The lowest BCUT2D eigenvalue weighted by molar-refractivity contribution is -0.142. The van der Waals surface area contributed by atoms with E-state index < -0.39 is 47.9 Å². The third-order valence-corrected chi connectivity index (χ3v) is 5.72. The minimum atomic E-state index is -1.20. The van der Waals surface area contributed by atoms with Crippen molar-refractivity contribution >= 4 is 36.3 Å². The quantitative estimate of drug-likeness (QED) is 0.123. The third-order valence-electron chi connectivity index (χ3n) is 5.35. The summed E-state index contributed by atoms with van der Waals surface area (Å²) in [5.74, 6) is -2.76. The highest BCUT2D eigenvalue weighted by molar-refractivity contribution is 7.80. The molecule has 0 spiro atoms. The molecule has 3 amide bonds. The number of thiol groups is 1. The van der Waals surface area contributed by atoms with E-state index in [1.165, 1.54) is 0 Å². The number of unbranched alkanes of at least 4 members (excludes halogenated alkanes) is 1. The number of aliphatic carboxylic acids is 1. The van der Waals surface area contributed by atoms with Crippen LogP contribution in [0, 0.1) is 5.92 Å². The molecule has 8 N–H and O–H groups in total. The Hall–Kier alpha value is -2.63. The zero-order valence-corrected chi connectivity index (χ0v) is 21.3. The molecule has 1 aromatic carbocycles. The Morgan fingerprint density at radius 1 is 0.914 bits per heavy atom. The van der Waals surface area contributed by atoms with Gasteiger partial charge in [0.1, 0.15) is 18.1 Å². The number of nitrogens with two attached hydrogens (primary N) is 2. The maximum Gasteiger partial charge on any atom is 0.326 e. The summed E-state index contributed by atoms with van der Waals surface area (Å²) in [6.07, 6.45) is 2.11. The molecule has 4 unspecified atom stereocenters. The lowest BCUT2D eigenvalue weighted by Crippen LogP contribution is -2.57. The molecule has 1 rings (SSSR count). The normalized spacial score (nSPS) is 14.5. The van der Waals surface area contributed by atoms with Crippen molar-refractivity contribution in [1.29, 1.82) is 0 Å². The van der Waals surface area contributed by atoms with Crippen molar-refractivity contribution in [3.8, 4) is 0 Å². The van der Waals surface area contributed by atoms with Crippen molar-refractivity contribution < 1.29 is 24.3 Å². The molecule has 4 atom stereocenters. The summed E-state index contributed by atoms with van der Waals surface area (Å²) >= 11 is 4.15. The minimum Gasteiger partial charge on any atom is -0.480 e. The Morgan fingerprint density at radius 3 is 2.03 bits per heavy atom. The third kappa shape index (κ3) is 11.6. The van der Waals surface area contributed by atoms with Gasteiger partial charge in [-0.25, -0.2) is 4.79 Å². The number of rotatable bonds is 16. The first kappa shape index (κ1) is 30.4. The molecule has 0 aliphatic rings. The van der Waals surface area contributed by atoms with Gasteiger partial charge in [-0.2, -0.15) is 12.6 Å². The summed E-state index contributed by atoms with van der Waals surface area (Å²) in [5.41, 5.74) is 12.2. The van der Waals surface area contributed by atoms with E-state index in [9.17, 15) is 24.3 Å². The monoisotopic (exact) mass is 509 g/mol. The molecule has 10 nitrogen and oxygen atoms in total. The number of carbonyl (C=O) groups is 4. The van der Waals surface area contributed by atoms with Gasteiger partial charge in [-0.1, -0.05) is 44.2 Å². The van der Waals surface area contributed by atoms with Crippen molar-refractivity contribution in [2.75, 3.05) is 12.3 Å². The number of carbonyl (C=O) groups excluding carboxylic acids is 3. The van der Waals surface area contributed by atoms with Crippen LogP contribution in [-0.4, -0.2) is 65.3 Å². The SMILES string of the molecule is CC(C)CC(N)C(=O)NC(CCCCN)C(=O)NC(CS)C(=O)NC(Cc1ccccc1)C(=O)O. The number of hydrogen-bond donors (Lipinski definition) is 7. The number of benzene rings is 1. The van der Waals surface area contributed by atoms with Gasteiger partial charge >= 0.3 is 5.97 Å². The number of carboxylic acid groups (broad SMARTS) is 1. The number of nitrogens with one attached hydrogen (secondary N) is 3. The molecular weight excluding hydrogens is 470 g/mol. The van der Waals surface area contributed by atoms with Crippen LogP contribution in [-0.2, 0) is 25.6 Å². The predicted octanol–water partition coefficient (Wildman–Crippen LogP) is 0.200. The summed E-state index contributed by atoms with van der Waals surface area (Å²) in [4.78, 5) is 50.0. The lowest BCUT2D eigenvalue weighted by Gasteiger charge is -2.25. The molecule has 0 aliphatic carbocycles. The van der Waals surface area contributed by atoms with Gasteiger partial charge in [-0.05, 0) is 43.7 Å². The summed E-state index contributed by atoms with van der Waals surface area (Å²) in [6, 6.07) is 4.93. The van der Waals surface area contributed by atoms with Crippen LogP contribution >= 0.6 is 12.6 Å². The van der Waals surface area contributed by atoms with Crippen LogP contribution in [0.2, 0.25) is 0 Å². The first-order chi connectivity index (χ1) is 16.6. The second kappa shape index (κ2) is 16.1. The van der Waals surface area contributed by atoms with E-state index in [1.54, 1.807) is 24.3 Å². The molecule has 0 heterocycles.